The molecule has 0 aliphatic heterocycles. The summed E-state index contributed by atoms with van der Waals surface area (Å²) >= 11 is 0. The summed E-state index contributed by atoms with van der Waals surface area (Å²) in [6.07, 6.45) is 4.97. The molecule has 138 valence electrons. The molecule has 0 unspecified atom stereocenters. The predicted molar refractivity (Wildman–Crippen MR) is 105 cm³/mol. The number of carbonyl (C=O) groups excluding carboxylic acids is 4. The van der Waals surface area contributed by atoms with Crippen molar-refractivity contribution >= 4 is 44.7 Å². The van der Waals surface area contributed by atoms with E-state index in [4.69, 9.17) is 0 Å². The van der Waals surface area contributed by atoms with Crippen LogP contribution in [0.3, 0.4) is 0 Å². The molecule has 2 aliphatic carbocycles. The van der Waals surface area contributed by atoms with Gasteiger partial charge in [-0.2, -0.15) is 0 Å². The molecule has 2 aromatic rings. The monoisotopic (exact) mass is 408 g/mol. The lowest BCUT2D eigenvalue weighted by atomic mass is 9.96. The van der Waals surface area contributed by atoms with E-state index in [1.807, 2.05) is 0 Å². The topological polar surface area (TPSA) is 94.1 Å². The number of pyridine rings is 2. The minimum absolute atomic E-state index is 0.149. The Hall–Kier alpha value is -2.84. The van der Waals surface area contributed by atoms with E-state index in [2.05, 4.69) is 9.97 Å². The van der Waals surface area contributed by atoms with Crippen molar-refractivity contribution in [2.24, 2.45) is 0 Å². The molecule has 0 bridgehead atoms. The van der Waals surface area contributed by atoms with Gasteiger partial charge in [0.15, 0.2) is 11.6 Å². The van der Waals surface area contributed by atoms with Gasteiger partial charge in [-0.25, -0.2) is 9.97 Å². The summed E-state index contributed by atoms with van der Waals surface area (Å²) in [6, 6.07) is 3.48. The molecule has 28 heavy (non-hydrogen) atoms. The molecule has 0 atom stereocenters. The number of ketones is 4. The van der Waals surface area contributed by atoms with E-state index in [0.29, 0.717) is 32.3 Å². The Morgan fingerprint density at radius 3 is 1.36 bits per heavy atom. The minimum Gasteiger partial charge on any atom is -0.289 e. The molecule has 0 saturated heterocycles. The SMILES string of the molecule is Cc1cc(SSc2cc(C)c3c(n2)C(=O)C=CC3=O)nc2c1C(=O)C=CC2=O. The molecule has 0 N–H and O–H groups in total. The third kappa shape index (κ3) is 3.14. The Labute approximate surface area is 167 Å². The van der Waals surface area contributed by atoms with Gasteiger partial charge >= 0.3 is 0 Å². The van der Waals surface area contributed by atoms with Crippen LogP contribution >= 0.6 is 21.6 Å². The van der Waals surface area contributed by atoms with Crippen molar-refractivity contribution < 1.29 is 19.2 Å². The second-order valence-corrected chi connectivity index (χ2v) is 8.46. The molecule has 4 rings (SSSR count). The fraction of sp³-hybridized carbons (Fsp3) is 0.100. The standard InChI is InChI=1S/C20H12N2O4S2/c1-9-7-15(21-19-13(25)5-3-11(23)17(9)19)27-28-16-8-10(2)18-12(24)4-6-14(26)20(18)22-16/h3-8H,1-2H3. The quantitative estimate of drug-likeness (QED) is 0.709. The zero-order chi connectivity index (χ0) is 20.0. The molecule has 0 fully saturated rings. The first-order chi connectivity index (χ1) is 13.3. The first-order valence-electron chi connectivity index (χ1n) is 8.26. The van der Waals surface area contributed by atoms with E-state index < -0.39 is 0 Å². The fourth-order valence-corrected chi connectivity index (χ4v) is 4.96. The summed E-state index contributed by atoms with van der Waals surface area (Å²) < 4.78 is 0. The number of rotatable bonds is 3. The van der Waals surface area contributed by atoms with Gasteiger partial charge in [0.25, 0.3) is 0 Å². The summed E-state index contributed by atoms with van der Waals surface area (Å²) in [4.78, 5) is 56.8. The molecule has 6 nitrogen and oxygen atoms in total. The van der Waals surface area contributed by atoms with Crippen molar-refractivity contribution in [3.8, 4) is 0 Å². The molecule has 0 spiro atoms. The van der Waals surface area contributed by atoms with Crippen LogP contribution in [0, 0.1) is 13.8 Å². The van der Waals surface area contributed by atoms with Gasteiger partial charge in [-0.05, 0) is 83.0 Å². The van der Waals surface area contributed by atoms with Gasteiger partial charge in [0.05, 0.1) is 11.1 Å². The second-order valence-electron chi connectivity index (χ2n) is 6.29. The van der Waals surface area contributed by atoms with E-state index in [-0.39, 0.29) is 34.5 Å². The van der Waals surface area contributed by atoms with E-state index in [1.165, 1.54) is 45.9 Å². The zero-order valence-corrected chi connectivity index (χ0v) is 16.4. The van der Waals surface area contributed by atoms with Gasteiger partial charge < -0.3 is 0 Å². The van der Waals surface area contributed by atoms with Crippen LogP contribution in [0.15, 0.2) is 46.5 Å². The highest BCUT2D eigenvalue weighted by Gasteiger charge is 2.25. The van der Waals surface area contributed by atoms with Crippen LogP contribution in [0.1, 0.15) is 52.8 Å². The highest BCUT2D eigenvalue weighted by Crippen LogP contribution is 2.38. The van der Waals surface area contributed by atoms with Gasteiger partial charge in [-0.1, -0.05) is 0 Å². The highest BCUT2D eigenvalue weighted by molar-refractivity contribution is 8.76. The molecule has 0 aromatic carbocycles. The predicted octanol–water partition coefficient (Wildman–Crippen LogP) is 3.76. The van der Waals surface area contributed by atoms with Gasteiger partial charge in [0.1, 0.15) is 21.4 Å². The number of nitrogens with zero attached hydrogens (tertiary/aromatic N) is 2. The number of allylic oxidation sites excluding steroid dienone is 4. The van der Waals surface area contributed by atoms with E-state index in [0.717, 1.165) is 0 Å². The molecule has 0 saturated carbocycles. The van der Waals surface area contributed by atoms with E-state index in [9.17, 15) is 19.2 Å². The lowest BCUT2D eigenvalue weighted by Gasteiger charge is -2.14. The summed E-state index contributed by atoms with van der Waals surface area (Å²) in [5.41, 5.74) is 2.32. The normalized spacial score (nSPS) is 15.1. The van der Waals surface area contributed by atoms with Crippen LogP contribution < -0.4 is 0 Å². The van der Waals surface area contributed by atoms with Gasteiger partial charge in [-0.3, -0.25) is 19.2 Å². The van der Waals surface area contributed by atoms with Gasteiger partial charge in [0.2, 0.25) is 11.6 Å². The maximum Gasteiger partial charge on any atom is 0.205 e. The van der Waals surface area contributed by atoms with Crippen molar-refractivity contribution in [2.45, 2.75) is 23.9 Å². The minimum atomic E-state index is -0.302. The van der Waals surface area contributed by atoms with Crippen molar-refractivity contribution in [3.63, 3.8) is 0 Å². The number of hydrogen-bond acceptors (Lipinski definition) is 8. The Balaban J connectivity index is 1.63. The maximum absolute atomic E-state index is 12.1. The summed E-state index contributed by atoms with van der Waals surface area (Å²) in [6.45, 7) is 3.52. The molecular formula is C20H12N2O4S2. The smallest absolute Gasteiger partial charge is 0.205 e. The molecular weight excluding hydrogens is 396 g/mol. The molecule has 8 heteroatoms. The van der Waals surface area contributed by atoms with Crippen molar-refractivity contribution in [2.75, 3.05) is 0 Å². The first kappa shape index (κ1) is 18.5. The Morgan fingerprint density at radius 1 is 0.607 bits per heavy atom. The van der Waals surface area contributed by atoms with Crippen molar-refractivity contribution in [1.82, 2.24) is 9.97 Å². The molecule has 2 heterocycles. The summed E-state index contributed by atoms with van der Waals surface area (Å²) in [5, 5.41) is 1.11. The van der Waals surface area contributed by atoms with Crippen LogP contribution in [0.4, 0.5) is 0 Å². The maximum atomic E-state index is 12.1. The van der Waals surface area contributed by atoms with Crippen LogP contribution in [-0.2, 0) is 0 Å². The first-order valence-corrected chi connectivity index (χ1v) is 10.4. The van der Waals surface area contributed by atoms with Gasteiger partial charge in [0, 0.05) is 0 Å². The van der Waals surface area contributed by atoms with Crippen LogP contribution in [-0.4, -0.2) is 33.1 Å². The highest BCUT2D eigenvalue weighted by atomic mass is 33.1. The van der Waals surface area contributed by atoms with Crippen LogP contribution in [0.25, 0.3) is 0 Å². The number of aryl methyl sites for hydroxylation is 2. The molecule has 2 aliphatic rings. The fourth-order valence-electron chi connectivity index (χ4n) is 3.06. The average Bonchev–Trinajstić information content (AvgIpc) is 2.65. The van der Waals surface area contributed by atoms with E-state index in [1.54, 1.807) is 26.0 Å². The number of carbonyl (C=O) groups is 4. The van der Waals surface area contributed by atoms with Crippen molar-refractivity contribution in [3.05, 3.63) is 70.1 Å². The van der Waals surface area contributed by atoms with Gasteiger partial charge in [-0.15, -0.1) is 0 Å². The number of aromatic nitrogens is 2. The molecule has 0 amide bonds. The zero-order valence-electron chi connectivity index (χ0n) is 14.8. The summed E-state index contributed by atoms with van der Waals surface area (Å²) in [5.74, 6) is -1.06. The molecule has 2 aromatic heterocycles. The second kappa shape index (κ2) is 6.96. The van der Waals surface area contributed by atoms with Crippen LogP contribution in [0.5, 0.6) is 0 Å². The lowest BCUT2D eigenvalue weighted by Crippen LogP contribution is -2.16. The summed E-state index contributed by atoms with van der Waals surface area (Å²) in [7, 11) is 2.53. The Morgan fingerprint density at radius 2 is 0.964 bits per heavy atom. The Bertz CT molecular complexity index is 1070. The number of hydrogen-bond donors (Lipinski definition) is 0. The Kier molecular flexibility index (Phi) is 4.60. The van der Waals surface area contributed by atoms with E-state index >= 15 is 0 Å². The third-order valence-corrected chi connectivity index (χ3v) is 6.45. The largest absolute Gasteiger partial charge is 0.289 e. The average molecular weight is 408 g/mol. The van der Waals surface area contributed by atoms with Crippen molar-refractivity contribution in [1.29, 1.82) is 0 Å². The number of fused-ring (bicyclic) bond motifs is 2. The third-order valence-electron chi connectivity index (χ3n) is 4.33. The molecule has 0 radical (unpaired) electrons. The lowest BCUT2D eigenvalue weighted by molar-refractivity contribution is 0.0989. The van der Waals surface area contributed by atoms with Crippen LogP contribution in [0.2, 0.25) is 0 Å².